The van der Waals surface area contributed by atoms with Gasteiger partial charge in [-0.05, 0) is 83.5 Å². The van der Waals surface area contributed by atoms with Crippen LogP contribution in [0.2, 0.25) is 0 Å². The average Bonchev–Trinajstić information content (AvgIpc) is 3.44. The minimum absolute atomic E-state index is 0.00462. The molecule has 0 heterocycles. The number of rotatable bonds is 66. The number of amides is 1. The van der Waals surface area contributed by atoms with Crippen molar-refractivity contribution in [1.82, 2.24) is 5.32 Å². The van der Waals surface area contributed by atoms with E-state index >= 15 is 0 Å². The molecule has 78 heavy (non-hydrogen) atoms. The molecule has 460 valence electrons. The van der Waals surface area contributed by atoms with Gasteiger partial charge in [0.1, 0.15) is 0 Å². The average molecular weight is 1100 g/mol. The third-order valence-electron chi connectivity index (χ3n) is 16.4. The monoisotopic (exact) mass is 1100 g/mol. The van der Waals surface area contributed by atoms with Gasteiger partial charge in [-0.3, -0.25) is 9.59 Å². The highest BCUT2D eigenvalue weighted by atomic mass is 16.5. The molecule has 1 amide bonds. The molecule has 2 unspecified atom stereocenters. The highest BCUT2D eigenvalue weighted by molar-refractivity contribution is 5.76. The third-order valence-corrected chi connectivity index (χ3v) is 16.4. The summed E-state index contributed by atoms with van der Waals surface area (Å²) in [6.07, 6.45) is 86.4. The van der Waals surface area contributed by atoms with Gasteiger partial charge in [-0.25, -0.2) is 0 Å². The number of hydrogen-bond acceptors (Lipinski definition) is 5. The quantitative estimate of drug-likeness (QED) is 0.0320. The summed E-state index contributed by atoms with van der Waals surface area (Å²) in [6.45, 7) is 4.93. The van der Waals surface area contributed by atoms with Gasteiger partial charge < -0.3 is 20.3 Å². The number of aliphatic hydroxyl groups is 2. The van der Waals surface area contributed by atoms with E-state index in [2.05, 4.69) is 43.5 Å². The Bertz CT molecular complexity index is 1260. The normalized spacial score (nSPS) is 12.7. The van der Waals surface area contributed by atoms with Crippen LogP contribution in [0.25, 0.3) is 0 Å². The van der Waals surface area contributed by atoms with Crippen LogP contribution in [0.5, 0.6) is 0 Å². The molecule has 0 aliphatic rings. The first-order chi connectivity index (χ1) is 38.5. The van der Waals surface area contributed by atoms with E-state index in [1.165, 1.54) is 315 Å². The first-order valence-electron chi connectivity index (χ1n) is 35.3. The fourth-order valence-corrected chi connectivity index (χ4v) is 11.0. The van der Waals surface area contributed by atoms with Crippen LogP contribution in [-0.2, 0) is 14.3 Å². The van der Waals surface area contributed by atoms with Gasteiger partial charge in [-0.2, -0.15) is 0 Å². The molecule has 0 aromatic carbocycles. The lowest BCUT2D eigenvalue weighted by molar-refractivity contribution is -0.143. The lowest BCUT2D eigenvalue weighted by Crippen LogP contribution is -2.45. The highest BCUT2D eigenvalue weighted by Crippen LogP contribution is 2.18. The first-order valence-corrected chi connectivity index (χ1v) is 35.3. The molecule has 0 saturated carbocycles. The van der Waals surface area contributed by atoms with Crippen LogP contribution >= 0.6 is 0 Å². The fraction of sp³-hybridized carbons (Fsp3) is 0.889. The van der Waals surface area contributed by atoms with E-state index in [1.54, 1.807) is 6.08 Å². The van der Waals surface area contributed by atoms with Crippen LogP contribution < -0.4 is 5.32 Å². The Balaban J connectivity index is 3.43. The number of nitrogens with one attached hydrogen (secondary N) is 1. The zero-order valence-corrected chi connectivity index (χ0v) is 52.7. The lowest BCUT2D eigenvalue weighted by Gasteiger charge is -2.20. The molecule has 0 aliphatic heterocycles. The molecule has 0 aliphatic carbocycles. The van der Waals surface area contributed by atoms with Crippen LogP contribution in [0.3, 0.4) is 0 Å². The van der Waals surface area contributed by atoms with Crippen LogP contribution in [0.15, 0.2) is 36.5 Å². The summed E-state index contributed by atoms with van der Waals surface area (Å²) in [7, 11) is 0. The molecule has 0 rings (SSSR count). The van der Waals surface area contributed by atoms with E-state index in [9.17, 15) is 19.8 Å². The number of esters is 1. The van der Waals surface area contributed by atoms with Gasteiger partial charge in [0.05, 0.1) is 25.4 Å². The molecule has 0 aromatic heterocycles. The zero-order valence-electron chi connectivity index (χ0n) is 52.7. The van der Waals surface area contributed by atoms with Crippen LogP contribution in [0.1, 0.15) is 386 Å². The molecular formula is C72H137NO5. The van der Waals surface area contributed by atoms with Crippen molar-refractivity contribution >= 4 is 11.9 Å². The van der Waals surface area contributed by atoms with Crippen molar-refractivity contribution in [3.8, 4) is 0 Å². The van der Waals surface area contributed by atoms with E-state index in [0.29, 0.717) is 19.4 Å². The summed E-state index contributed by atoms with van der Waals surface area (Å²) in [4.78, 5) is 24.6. The van der Waals surface area contributed by atoms with E-state index in [4.69, 9.17) is 4.74 Å². The van der Waals surface area contributed by atoms with Gasteiger partial charge in [0, 0.05) is 12.8 Å². The second-order valence-electron chi connectivity index (χ2n) is 24.2. The van der Waals surface area contributed by atoms with Crippen LogP contribution in [0.4, 0.5) is 0 Å². The predicted octanol–water partition coefficient (Wildman–Crippen LogP) is 22.7. The summed E-state index contributed by atoms with van der Waals surface area (Å²) in [5.74, 6) is -0.0644. The minimum atomic E-state index is -0.849. The van der Waals surface area contributed by atoms with Gasteiger partial charge in [0.2, 0.25) is 5.91 Å². The maximum absolute atomic E-state index is 12.5. The molecule has 2 atom stereocenters. The SMILES string of the molecule is CCCCCCCC/C=C\CCCCCCCC(=O)OCCCCCCCCCCCCCC/C=C\CCCCCCCCCCC(=O)NC(CO)C(O)/C=C/CCCCCCCCCCCCCCCCCCCCCC. The van der Waals surface area contributed by atoms with Crippen molar-refractivity contribution in [3.05, 3.63) is 36.5 Å². The van der Waals surface area contributed by atoms with Gasteiger partial charge in [-0.15, -0.1) is 0 Å². The maximum Gasteiger partial charge on any atom is 0.305 e. The number of hydrogen-bond donors (Lipinski definition) is 3. The third kappa shape index (κ3) is 63.3. The molecule has 0 fully saturated rings. The zero-order chi connectivity index (χ0) is 56.4. The standard InChI is InChI=1S/C72H137NO5/c1-3-5-7-9-11-13-15-17-19-20-21-22-27-30-33-37-40-44-48-52-56-60-64-70(75)69(68-74)73-71(76)65-61-57-53-49-45-41-38-34-31-28-25-23-24-26-29-32-35-39-43-47-51-55-59-63-67-78-72(77)66-62-58-54-50-46-42-36-18-16-14-12-10-8-6-4-2/h18,25,28,36,60,64,69-70,74-75H,3-17,19-24,26-27,29-35,37-59,61-63,65-68H2,1-2H3,(H,73,76)/b28-25-,36-18-,64-60+. The minimum Gasteiger partial charge on any atom is -0.466 e. The van der Waals surface area contributed by atoms with E-state index in [1.807, 2.05) is 6.08 Å². The molecule has 0 bridgehead atoms. The Kier molecular flexibility index (Phi) is 65.9. The van der Waals surface area contributed by atoms with Crippen molar-refractivity contribution in [3.63, 3.8) is 0 Å². The van der Waals surface area contributed by atoms with Gasteiger partial charge in [0.15, 0.2) is 0 Å². The van der Waals surface area contributed by atoms with Crippen molar-refractivity contribution in [2.75, 3.05) is 13.2 Å². The molecule has 0 spiro atoms. The number of allylic oxidation sites excluding steroid dienone is 5. The van der Waals surface area contributed by atoms with E-state index in [-0.39, 0.29) is 18.5 Å². The molecule has 6 heteroatoms. The van der Waals surface area contributed by atoms with Crippen LogP contribution in [-0.4, -0.2) is 47.4 Å². The second kappa shape index (κ2) is 67.6. The lowest BCUT2D eigenvalue weighted by atomic mass is 10.0. The molecular weight excluding hydrogens is 959 g/mol. The van der Waals surface area contributed by atoms with Gasteiger partial charge in [-0.1, -0.05) is 326 Å². The smallest absolute Gasteiger partial charge is 0.305 e. The highest BCUT2D eigenvalue weighted by Gasteiger charge is 2.18. The Labute approximate surface area is 487 Å². The molecule has 3 N–H and O–H groups in total. The molecule has 0 saturated heterocycles. The Morgan fingerprint density at radius 2 is 0.603 bits per heavy atom. The van der Waals surface area contributed by atoms with Crippen molar-refractivity contribution < 1.29 is 24.5 Å². The number of unbranched alkanes of at least 4 members (excludes halogenated alkanes) is 51. The summed E-state index contributed by atoms with van der Waals surface area (Å²) in [5, 5.41) is 23.3. The molecule has 6 nitrogen and oxygen atoms in total. The topological polar surface area (TPSA) is 95.9 Å². The van der Waals surface area contributed by atoms with E-state index in [0.717, 1.165) is 44.9 Å². The maximum atomic E-state index is 12.5. The Morgan fingerprint density at radius 3 is 0.910 bits per heavy atom. The van der Waals surface area contributed by atoms with Crippen molar-refractivity contribution in [2.24, 2.45) is 0 Å². The van der Waals surface area contributed by atoms with Crippen molar-refractivity contribution in [2.45, 2.75) is 398 Å². The summed E-state index contributed by atoms with van der Waals surface area (Å²) in [6, 6.07) is -0.633. The predicted molar refractivity (Wildman–Crippen MR) is 343 cm³/mol. The molecule has 0 aromatic rings. The summed E-state index contributed by atoms with van der Waals surface area (Å²) in [5.41, 5.74) is 0. The largest absolute Gasteiger partial charge is 0.466 e. The Hall–Kier alpha value is -1.92. The Morgan fingerprint density at radius 1 is 0.346 bits per heavy atom. The molecule has 0 radical (unpaired) electrons. The van der Waals surface area contributed by atoms with Gasteiger partial charge >= 0.3 is 5.97 Å². The summed E-state index contributed by atoms with van der Waals surface area (Å²) >= 11 is 0. The number of aliphatic hydroxyl groups excluding tert-OH is 2. The number of ether oxygens (including phenoxy) is 1. The fourth-order valence-electron chi connectivity index (χ4n) is 11.0. The van der Waals surface area contributed by atoms with Crippen LogP contribution in [0, 0.1) is 0 Å². The van der Waals surface area contributed by atoms with Crippen molar-refractivity contribution in [1.29, 1.82) is 0 Å². The second-order valence-corrected chi connectivity index (χ2v) is 24.2. The van der Waals surface area contributed by atoms with E-state index < -0.39 is 12.1 Å². The number of carbonyl (C=O) groups is 2. The summed E-state index contributed by atoms with van der Waals surface area (Å²) < 4.78 is 5.49. The number of carbonyl (C=O) groups excluding carboxylic acids is 2. The first kappa shape index (κ1) is 76.1. The van der Waals surface area contributed by atoms with Gasteiger partial charge in [0.25, 0.3) is 0 Å².